The Kier molecular flexibility index (Phi) is 3.10. The molecular weight excluding hydrogens is 226 g/mol. The van der Waals surface area contributed by atoms with Crippen LogP contribution >= 0.6 is 11.6 Å². The van der Waals surface area contributed by atoms with E-state index in [0.717, 1.165) is 22.6 Å². The third-order valence-electron chi connectivity index (χ3n) is 2.32. The predicted molar refractivity (Wildman–Crippen MR) is 62.6 cm³/mol. The maximum absolute atomic E-state index is 6.09. The Morgan fingerprint density at radius 1 is 1.31 bits per heavy atom. The van der Waals surface area contributed by atoms with Crippen LogP contribution in [0.1, 0.15) is 17.0 Å². The number of hydrogen-bond acceptors (Lipinski definition) is 4. The lowest BCUT2D eigenvalue weighted by Crippen LogP contribution is -2.01. The number of nitrogens with one attached hydrogen (secondary N) is 1. The first-order valence-corrected chi connectivity index (χ1v) is 5.32. The van der Waals surface area contributed by atoms with E-state index in [4.69, 9.17) is 11.6 Å². The zero-order valence-electron chi connectivity index (χ0n) is 9.12. The topological polar surface area (TPSA) is 51.0 Å². The van der Waals surface area contributed by atoms with Gasteiger partial charge in [0, 0.05) is 0 Å². The Balaban J connectivity index is 2.08. The van der Waals surface area contributed by atoms with Gasteiger partial charge in [-0.15, -0.1) is 0 Å². The molecule has 0 amide bonds. The van der Waals surface area contributed by atoms with E-state index in [1.807, 2.05) is 32.0 Å². The molecule has 0 saturated heterocycles. The van der Waals surface area contributed by atoms with Crippen LogP contribution in [0.3, 0.4) is 0 Å². The number of anilines is 1. The smallest absolute Gasteiger partial charge is 0.127 e. The lowest BCUT2D eigenvalue weighted by Gasteiger charge is -2.07. The highest BCUT2D eigenvalue weighted by atomic mass is 35.5. The van der Waals surface area contributed by atoms with E-state index in [2.05, 4.69) is 20.3 Å². The lowest BCUT2D eigenvalue weighted by atomic mass is 10.2. The van der Waals surface area contributed by atoms with Crippen LogP contribution < -0.4 is 5.32 Å². The summed E-state index contributed by atoms with van der Waals surface area (Å²) in [6.07, 6.45) is 0. The molecule has 0 spiro atoms. The maximum atomic E-state index is 6.09. The number of aryl methyl sites for hydroxylation is 2. The summed E-state index contributed by atoms with van der Waals surface area (Å²) in [5, 5.41) is 11.4. The Labute approximate surface area is 98.6 Å². The summed E-state index contributed by atoms with van der Waals surface area (Å²) in [6.45, 7) is 4.41. The highest BCUT2D eigenvalue weighted by molar-refractivity contribution is 6.33. The Morgan fingerprint density at radius 2 is 2.12 bits per heavy atom. The third-order valence-corrected chi connectivity index (χ3v) is 2.63. The Bertz CT molecular complexity index is 496. The van der Waals surface area contributed by atoms with E-state index >= 15 is 0 Å². The summed E-state index contributed by atoms with van der Waals surface area (Å²) >= 11 is 6.09. The maximum Gasteiger partial charge on any atom is 0.127 e. The molecule has 1 aromatic carbocycles. The molecular formula is C11H12ClN3O. The molecule has 2 aromatic rings. The molecule has 0 saturated carbocycles. The van der Waals surface area contributed by atoms with Crippen molar-refractivity contribution in [3.63, 3.8) is 0 Å². The van der Waals surface area contributed by atoms with Gasteiger partial charge in [-0.25, -0.2) is 4.63 Å². The number of hydrogen-bond donors (Lipinski definition) is 1. The molecule has 0 fully saturated rings. The summed E-state index contributed by atoms with van der Waals surface area (Å²) in [6, 6.07) is 5.86. The first kappa shape index (κ1) is 11.0. The zero-order valence-corrected chi connectivity index (χ0v) is 9.88. The van der Waals surface area contributed by atoms with E-state index in [1.54, 1.807) is 0 Å². The molecule has 84 valence electrons. The molecule has 1 heterocycles. The average molecular weight is 238 g/mol. The van der Waals surface area contributed by atoms with E-state index in [9.17, 15) is 0 Å². The van der Waals surface area contributed by atoms with Gasteiger partial charge in [-0.2, -0.15) is 0 Å². The molecule has 1 aromatic heterocycles. The van der Waals surface area contributed by atoms with Crippen molar-refractivity contribution in [3.8, 4) is 0 Å². The van der Waals surface area contributed by atoms with Gasteiger partial charge in [-0.3, -0.25) is 0 Å². The molecule has 0 aliphatic rings. The second kappa shape index (κ2) is 4.53. The SMILES string of the molecule is Cc1ccc(NCc2nonc2C)c(Cl)c1. The van der Waals surface area contributed by atoms with Crippen molar-refractivity contribution in [1.82, 2.24) is 10.3 Å². The summed E-state index contributed by atoms with van der Waals surface area (Å²) < 4.78 is 4.61. The van der Waals surface area contributed by atoms with Crippen LogP contribution in [0.4, 0.5) is 5.69 Å². The van der Waals surface area contributed by atoms with E-state index in [-0.39, 0.29) is 0 Å². The molecule has 0 aliphatic heterocycles. The monoisotopic (exact) mass is 237 g/mol. The van der Waals surface area contributed by atoms with Crippen molar-refractivity contribution < 1.29 is 4.63 Å². The van der Waals surface area contributed by atoms with Gasteiger partial charge in [0.15, 0.2) is 0 Å². The van der Waals surface area contributed by atoms with Gasteiger partial charge in [-0.05, 0) is 31.5 Å². The number of nitrogens with zero attached hydrogens (tertiary/aromatic N) is 2. The number of aromatic nitrogens is 2. The van der Waals surface area contributed by atoms with Crippen molar-refractivity contribution in [2.45, 2.75) is 20.4 Å². The van der Waals surface area contributed by atoms with E-state index in [0.29, 0.717) is 11.6 Å². The van der Waals surface area contributed by atoms with E-state index < -0.39 is 0 Å². The second-order valence-electron chi connectivity index (χ2n) is 3.63. The summed E-state index contributed by atoms with van der Waals surface area (Å²) in [7, 11) is 0. The van der Waals surface area contributed by atoms with Gasteiger partial charge in [0.05, 0.1) is 17.3 Å². The van der Waals surface area contributed by atoms with E-state index in [1.165, 1.54) is 0 Å². The van der Waals surface area contributed by atoms with Crippen molar-refractivity contribution in [1.29, 1.82) is 0 Å². The van der Waals surface area contributed by atoms with Crippen molar-refractivity contribution >= 4 is 17.3 Å². The molecule has 0 radical (unpaired) electrons. The molecule has 1 N–H and O–H groups in total. The minimum Gasteiger partial charge on any atom is -0.378 e. The zero-order chi connectivity index (χ0) is 11.5. The Morgan fingerprint density at radius 3 is 2.75 bits per heavy atom. The molecule has 0 aliphatic carbocycles. The molecule has 4 nitrogen and oxygen atoms in total. The van der Waals surface area contributed by atoms with Crippen LogP contribution in [-0.4, -0.2) is 10.3 Å². The fourth-order valence-electron chi connectivity index (χ4n) is 1.35. The quantitative estimate of drug-likeness (QED) is 0.892. The van der Waals surface area contributed by atoms with Crippen molar-refractivity contribution in [2.75, 3.05) is 5.32 Å². The van der Waals surface area contributed by atoms with Crippen LogP contribution in [0.15, 0.2) is 22.8 Å². The van der Waals surface area contributed by atoms with Gasteiger partial charge < -0.3 is 5.32 Å². The van der Waals surface area contributed by atoms with Crippen molar-refractivity contribution in [3.05, 3.63) is 40.2 Å². The number of rotatable bonds is 3. The molecule has 0 unspecified atom stereocenters. The molecule has 0 bridgehead atoms. The van der Waals surface area contributed by atoms with Crippen LogP contribution in [0.5, 0.6) is 0 Å². The summed E-state index contributed by atoms with van der Waals surface area (Å²) in [4.78, 5) is 0. The molecule has 5 heteroatoms. The minimum absolute atomic E-state index is 0.554. The first-order valence-electron chi connectivity index (χ1n) is 4.95. The van der Waals surface area contributed by atoms with Gasteiger partial charge in [-0.1, -0.05) is 28.0 Å². The fourth-order valence-corrected chi connectivity index (χ4v) is 1.65. The van der Waals surface area contributed by atoms with Crippen LogP contribution in [0.2, 0.25) is 5.02 Å². The normalized spacial score (nSPS) is 10.4. The molecule has 0 atom stereocenters. The molecule has 2 rings (SSSR count). The lowest BCUT2D eigenvalue weighted by molar-refractivity contribution is 0.301. The highest BCUT2D eigenvalue weighted by Gasteiger charge is 2.05. The van der Waals surface area contributed by atoms with Crippen LogP contribution in [0, 0.1) is 13.8 Å². The van der Waals surface area contributed by atoms with Gasteiger partial charge in [0.25, 0.3) is 0 Å². The fraction of sp³-hybridized carbons (Fsp3) is 0.273. The summed E-state index contributed by atoms with van der Waals surface area (Å²) in [5.74, 6) is 0. The summed E-state index contributed by atoms with van der Waals surface area (Å²) in [5.41, 5.74) is 3.59. The number of benzene rings is 1. The third kappa shape index (κ3) is 2.33. The Hall–Kier alpha value is -1.55. The van der Waals surface area contributed by atoms with Gasteiger partial charge >= 0.3 is 0 Å². The molecule has 16 heavy (non-hydrogen) atoms. The van der Waals surface area contributed by atoms with Crippen LogP contribution in [-0.2, 0) is 6.54 Å². The largest absolute Gasteiger partial charge is 0.378 e. The van der Waals surface area contributed by atoms with Gasteiger partial charge in [0.1, 0.15) is 11.4 Å². The minimum atomic E-state index is 0.554. The standard InChI is InChI=1S/C11H12ClN3O/c1-7-3-4-10(9(12)5-7)13-6-11-8(2)14-16-15-11/h3-5,13H,6H2,1-2H3. The van der Waals surface area contributed by atoms with Crippen molar-refractivity contribution in [2.24, 2.45) is 0 Å². The first-order chi connectivity index (χ1) is 7.66. The average Bonchev–Trinajstić information content (AvgIpc) is 2.63. The predicted octanol–water partition coefficient (Wildman–Crippen LogP) is 2.95. The second-order valence-corrected chi connectivity index (χ2v) is 4.04. The highest BCUT2D eigenvalue weighted by Crippen LogP contribution is 2.23. The van der Waals surface area contributed by atoms with Crippen LogP contribution in [0.25, 0.3) is 0 Å². The number of halogens is 1. The van der Waals surface area contributed by atoms with Gasteiger partial charge in [0.2, 0.25) is 0 Å².